The van der Waals surface area contributed by atoms with Crippen molar-refractivity contribution in [3.63, 3.8) is 0 Å². The number of aromatic hydroxyl groups is 2. The fraction of sp³-hybridized carbons (Fsp3) is 0.500. The Morgan fingerprint density at radius 3 is 2.53 bits per heavy atom. The Morgan fingerprint density at radius 2 is 1.87 bits per heavy atom. The van der Waals surface area contributed by atoms with Crippen molar-refractivity contribution in [1.29, 1.82) is 0 Å². The van der Waals surface area contributed by atoms with Gasteiger partial charge in [-0.05, 0) is 24.8 Å². The maximum absolute atomic E-state index is 9.70. The summed E-state index contributed by atoms with van der Waals surface area (Å²) >= 11 is 0. The molecule has 1 aliphatic carbocycles. The molecule has 1 atom stereocenters. The Bertz CT molecular complexity index is 345. The van der Waals surface area contributed by atoms with E-state index in [-0.39, 0.29) is 17.5 Å². The first-order chi connectivity index (χ1) is 7.20. The third-order valence-electron chi connectivity index (χ3n) is 3.31. The summed E-state index contributed by atoms with van der Waals surface area (Å²) in [4.78, 5) is 0. The maximum atomic E-state index is 9.70. The first-order valence-electron chi connectivity index (χ1n) is 5.46. The van der Waals surface area contributed by atoms with Crippen molar-refractivity contribution in [1.82, 2.24) is 0 Å². The summed E-state index contributed by atoms with van der Waals surface area (Å²) in [5.41, 5.74) is 6.77. The molecule has 1 aromatic rings. The highest BCUT2D eigenvalue weighted by Gasteiger charge is 2.25. The third kappa shape index (κ3) is 1.92. The average Bonchev–Trinajstić information content (AvgIpc) is 2.74. The number of rotatable bonds is 2. The van der Waals surface area contributed by atoms with Gasteiger partial charge in [-0.1, -0.05) is 25.0 Å². The first kappa shape index (κ1) is 10.3. The van der Waals surface area contributed by atoms with E-state index in [4.69, 9.17) is 5.73 Å². The molecule has 2 rings (SSSR count). The zero-order valence-electron chi connectivity index (χ0n) is 8.69. The molecule has 1 saturated carbocycles. The van der Waals surface area contributed by atoms with E-state index in [0.29, 0.717) is 11.5 Å². The number of benzene rings is 1. The van der Waals surface area contributed by atoms with E-state index < -0.39 is 0 Å². The van der Waals surface area contributed by atoms with Crippen LogP contribution in [0.1, 0.15) is 37.3 Å². The highest BCUT2D eigenvalue weighted by molar-refractivity contribution is 5.46. The minimum Gasteiger partial charge on any atom is -0.504 e. The van der Waals surface area contributed by atoms with Gasteiger partial charge < -0.3 is 15.9 Å². The molecule has 1 aromatic carbocycles. The van der Waals surface area contributed by atoms with Gasteiger partial charge in [0.15, 0.2) is 11.5 Å². The predicted molar refractivity (Wildman–Crippen MR) is 58.7 cm³/mol. The van der Waals surface area contributed by atoms with Crippen LogP contribution in [-0.2, 0) is 0 Å². The Balaban J connectivity index is 2.24. The average molecular weight is 207 g/mol. The van der Waals surface area contributed by atoms with E-state index in [1.807, 2.05) is 0 Å². The Hall–Kier alpha value is -1.22. The topological polar surface area (TPSA) is 66.5 Å². The van der Waals surface area contributed by atoms with Crippen molar-refractivity contribution in [2.75, 3.05) is 0 Å². The van der Waals surface area contributed by atoms with Crippen LogP contribution in [0, 0.1) is 5.92 Å². The fourth-order valence-electron chi connectivity index (χ4n) is 2.39. The van der Waals surface area contributed by atoms with Crippen molar-refractivity contribution < 1.29 is 10.2 Å². The summed E-state index contributed by atoms with van der Waals surface area (Å²) in [6.07, 6.45) is 4.68. The van der Waals surface area contributed by atoms with E-state index >= 15 is 0 Å². The van der Waals surface area contributed by atoms with Gasteiger partial charge in [-0.25, -0.2) is 0 Å². The highest BCUT2D eigenvalue weighted by atomic mass is 16.3. The van der Waals surface area contributed by atoms with Gasteiger partial charge in [0.05, 0.1) is 0 Å². The SMILES string of the molecule is N[C@@H](c1cccc(O)c1O)C1CCCC1. The van der Waals surface area contributed by atoms with Crippen molar-refractivity contribution in [3.05, 3.63) is 23.8 Å². The van der Waals surface area contributed by atoms with E-state index in [1.54, 1.807) is 12.1 Å². The van der Waals surface area contributed by atoms with E-state index in [1.165, 1.54) is 18.9 Å². The molecule has 15 heavy (non-hydrogen) atoms. The second-order valence-electron chi connectivity index (χ2n) is 4.29. The van der Waals surface area contributed by atoms with Crippen molar-refractivity contribution in [3.8, 4) is 11.5 Å². The normalized spacial score (nSPS) is 19.3. The summed E-state index contributed by atoms with van der Waals surface area (Å²) < 4.78 is 0. The quantitative estimate of drug-likeness (QED) is 0.652. The van der Waals surface area contributed by atoms with Gasteiger partial charge in [0.2, 0.25) is 0 Å². The number of para-hydroxylation sites is 1. The first-order valence-corrected chi connectivity index (χ1v) is 5.46. The molecule has 0 heterocycles. The molecular weight excluding hydrogens is 190 g/mol. The molecule has 0 amide bonds. The van der Waals surface area contributed by atoms with E-state index in [2.05, 4.69) is 0 Å². The van der Waals surface area contributed by atoms with Crippen LogP contribution in [0.5, 0.6) is 11.5 Å². The molecule has 0 spiro atoms. The molecule has 1 fully saturated rings. The smallest absolute Gasteiger partial charge is 0.162 e. The molecule has 0 aliphatic heterocycles. The van der Waals surface area contributed by atoms with Gasteiger partial charge in [-0.15, -0.1) is 0 Å². The van der Waals surface area contributed by atoms with Crippen LogP contribution in [0.4, 0.5) is 0 Å². The van der Waals surface area contributed by atoms with Crippen LogP contribution in [0.2, 0.25) is 0 Å². The zero-order valence-corrected chi connectivity index (χ0v) is 8.69. The Morgan fingerprint density at radius 1 is 1.20 bits per heavy atom. The molecule has 0 saturated heterocycles. The largest absolute Gasteiger partial charge is 0.504 e. The van der Waals surface area contributed by atoms with Crippen LogP contribution >= 0.6 is 0 Å². The molecule has 0 radical (unpaired) electrons. The molecule has 3 heteroatoms. The molecular formula is C12H17NO2. The van der Waals surface area contributed by atoms with Crippen LogP contribution in [0.25, 0.3) is 0 Å². The maximum Gasteiger partial charge on any atom is 0.162 e. The molecule has 1 aliphatic rings. The summed E-state index contributed by atoms with van der Waals surface area (Å²) in [5, 5.41) is 19.1. The van der Waals surface area contributed by atoms with Gasteiger partial charge in [0.25, 0.3) is 0 Å². The summed E-state index contributed by atoms with van der Waals surface area (Å²) in [6.45, 7) is 0. The number of hydrogen-bond donors (Lipinski definition) is 3. The van der Waals surface area contributed by atoms with Crippen LogP contribution in [-0.4, -0.2) is 10.2 Å². The van der Waals surface area contributed by atoms with Crippen LogP contribution in [0.15, 0.2) is 18.2 Å². The number of phenolic OH excluding ortho intramolecular Hbond substituents is 2. The van der Waals surface area contributed by atoms with Crippen LogP contribution in [0.3, 0.4) is 0 Å². The van der Waals surface area contributed by atoms with Crippen molar-refractivity contribution >= 4 is 0 Å². The number of hydrogen-bond acceptors (Lipinski definition) is 3. The molecule has 0 bridgehead atoms. The minimum absolute atomic E-state index is 0.0584. The van der Waals surface area contributed by atoms with E-state index in [9.17, 15) is 10.2 Å². The van der Waals surface area contributed by atoms with Crippen molar-refractivity contribution in [2.45, 2.75) is 31.7 Å². The second-order valence-corrected chi connectivity index (χ2v) is 4.29. The monoisotopic (exact) mass is 207 g/mol. The molecule has 4 N–H and O–H groups in total. The third-order valence-corrected chi connectivity index (χ3v) is 3.31. The predicted octanol–water partition coefficient (Wildman–Crippen LogP) is 2.29. The van der Waals surface area contributed by atoms with Gasteiger partial charge in [-0.2, -0.15) is 0 Å². The molecule has 0 aromatic heterocycles. The number of nitrogens with two attached hydrogens (primary N) is 1. The summed E-state index contributed by atoms with van der Waals surface area (Å²) in [6, 6.07) is 4.83. The van der Waals surface area contributed by atoms with E-state index in [0.717, 1.165) is 12.8 Å². The lowest BCUT2D eigenvalue weighted by atomic mass is 9.92. The zero-order chi connectivity index (χ0) is 10.8. The minimum atomic E-state index is -0.153. The Labute approximate surface area is 89.5 Å². The number of phenols is 2. The van der Waals surface area contributed by atoms with Crippen LogP contribution < -0.4 is 5.73 Å². The van der Waals surface area contributed by atoms with Crippen molar-refractivity contribution in [2.24, 2.45) is 11.7 Å². The fourth-order valence-corrected chi connectivity index (χ4v) is 2.39. The Kier molecular flexibility index (Phi) is 2.82. The lowest BCUT2D eigenvalue weighted by Crippen LogP contribution is -2.19. The molecule has 3 nitrogen and oxygen atoms in total. The standard InChI is InChI=1S/C12H17NO2/c13-11(8-4-1-2-5-8)9-6-3-7-10(14)12(9)15/h3,6-8,11,14-15H,1-2,4-5,13H2/t11-/m1/s1. The van der Waals surface area contributed by atoms with Gasteiger partial charge in [0.1, 0.15) is 0 Å². The second kappa shape index (κ2) is 4.11. The lowest BCUT2D eigenvalue weighted by Gasteiger charge is -2.20. The lowest BCUT2D eigenvalue weighted by molar-refractivity contribution is 0.379. The van der Waals surface area contributed by atoms with Gasteiger partial charge in [0, 0.05) is 11.6 Å². The molecule has 0 unspecified atom stereocenters. The molecule has 82 valence electrons. The summed E-state index contributed by atoms with van der Waals surface area (Å²) in [7, 11) is 0. The highest BCUT2D eigenvalue weighted by Crippen LogP contribution is 2.39. The van der Waals surface area contributed by atoms with Gasteiger partial charge in [-0.3, -0.25) is 0 Å². The van der Waals surface area contributed by atoms with Gasteiger partial charge >= 0.3 is 0 Å². The summed E-state index contributed by atoms with van der Waals surface area (Å²) in [5.74, 6) is 0.301.